The molecule has 2 aromatic heterocycles. The van der Waals surface area contributed by atoms with Crippen molar-refractivity contribution in [2.24, 2.45) is 7.05 Å². The third-order valence-electron chi connectivity index (χ3n) is 4.67. The number of aryl methyl sites for hydroxylation is 1. The first-order valence-corrected chi connectivity index (χ1v) is 7.29. The van der Waals surface area contributed by atoms with Crippen molar-refractivity contribution in [2.45, 2.75) is 18.9 Å². The van der Waals surface area contributed by atoms with E-state index in [0.717, 1.165) is 5.65 Å². The van der Waals surface area contributed by atoms with Gasteiger partial charge in [-0.25, -0.2) is 4.98 Å². The van der Waals surface area contributed by atoms with Crippen molar-refractivity contribution in [3.8, 4) is 0 Å². The summed E-state index contributed by atoms with van der Waals surface area (Å²) < 4.78 is 2.19. The fraction of sp³-hybridized carbons (Fsp3) is 0.353. The number of para-hydroxylation sites is 1. The van der Waals surface area contributed by atoms with E-state index in [0.29, 0.717) is 6.04 Å². The van der Waals surface area contributed by atoms with Gasteiger partial charge >= 0.3 is 0 Å². The minimum Gasteiger partial charge on any atom is -0.328 e. The lowest BCUT2D eigenvalue weighted by Crippen LogP contribution is -2.17. The van der Waals surface area contributed by atoms with E-state index in [4.69, 9.17) is 4.98 Å². The number of aromatic nitrogens is 2. The van der Waals surface area contributed by atoms with E-state index in [2.05, 4.69) is 60.1 Å². The van der Waals surface area contributed by atoms with Gasteiger partial charge in [0.15, 0.2) is 0 Å². The van der Waals surface area contributed by atoms with Crippen molar-refractivity contribution >= 4 is 21.9 Å². The number of benzene rings is 1. The SMILES string of the molecule is CN1CCC[C@H]1c1cnc2c(c1)c1ccccc1n2C. The number of likely N-dealkylation sites (tertiary alicyclic amines) is 1. The van der Waals surface area contributed by atoms with Gasteiger partial charge < -0.3 is 4.57 Å². The Balaban J connectivity index is 1.97. The van der Waals surface area contributed by atoms with E-state index in [9.17, 15) is 0 Å². The van der Waals surface area contributed by atoms with Gasteiger partial charge in [0.05, 0.1) is 5.52 Å². The first kappa shape index (κ1) is 11.9. The van der Waals surface area contributed by atoms with Crippen LogP contribution in [0, 0.1) is 0 Å². The molecule has 0 radical (unpaired) electrons. The van der Waals surface area contributed by atoms with E-state index in [-0.39, 0.29) is 0 Å². The topological polar surface area (TPSA) is 21.1 Å². The van der Waals surface area contributed by atoms with Gasteiger partial charge in [-0.15, -0.1) is 0 Å². The second kappa shape index (κ2) is 4.32. The average molecular weight is 265 g/mol. The molecular formula is C17H19N3. The summed E-state index contributed by atoms with van der Waals surface area (Å²) in [5.41, 5.74) is 3.69. The van der Waals surface area contributed by atoms with Crippen LogP contribution in [0.4, 0.5) is 0 Å². The van der Waals surface area contributed by atoms with Crippen molar-refractivity contribution in [2.75, 3.05) is 13.6 Å². The third-order valence-corrected chi connectivity index (χ3v) is 4.67. The lowest BCUT2D eigenvalue weighted by molar-refractivity contribution is 0.317. The van der Waals surface area contributed by atoms with Crippen molar-refractivity contribution in [3.63, 3.8) is 0 Å². The molecule has 0 unspecified atom stereocenters. The molecule has 0 spiro atoms. The predicted molar refractivity (Wildman–Crippen MR) is 82.8 cm³/mol. The van der Waals surface area contributed by atoms with Crippen LogP contribution < -0.4 is 0 Å². The smallest absolute Gasteiger partial charge is 0.140 e. The highest BCUT2D eigenvalue weighted by atomic mass is 15.1. The molecule has 3 heterocycles. The van der Waals surface area contributed by atoms with Crippen LogP contribution in [0.15, 0.2) is 36.5 Å². The molecule has 0 aliphatic carbocycles. The largest absolute Gasteiger partial charge is 0.328 e. The minimum absolute atomic E-state index is 0.533. The third kappa shape index (κ3) is 1.59. The molecule has 0 N–H and O–H groups in total. The summed E-state index contributed by atoms with van der Waals surface area (Å²) in [6.45, 7) is 1.19. The molecule has 1 aromatic carbocycles. The molecule has 1 saturated heterocycles. The Morgan fingerprint density at radius 3 is 2.80 bits per heavy atom. The second-order valence-corrected chi connectivity index (χ2v) is 5.85. The maximum Gasteiger partial charge on any atom is 0.140 e. The standard InChI is InChI=1S/C17H19N3/c1-19-9-5-8-15(19)12-10-14-13-6-3-4-7-16(13)20(2)17(14)18-11-12/h3-4,6-7,10-11,15H,5,8-9H2,1-2H3/t15-/m0/s1. The van der Waals surface area contributed by atoms with E-state index in [1.165, 1.54) is 41.2 Å². The fourth-order valence-electron chi connectivity index (χ4n) is 3.56. The summed E-state index contributed by atoms with van der Waals surface area (Å²) in [5.74, 6) is 0. The zero-order valence-electron chi connectivity index (χ0n) is 12.0. The molecule has 1 aliphatic heterocycles. The van der Waals surface area contributed by atoms with Crippen LogP contribution in [0.2, 0.25) is 0 Å². The molecule has 20 heavy (non-hydrogen) atoms. The molecule has 0 saturated carbocycles. The number of fused-ring (bicyclic) bond motifs is 3. The summed E-state index contributed by atoms with van der Waals surface area (Å²) in [5, 5.41) is 2.58. The minimum atomic E-state index is 0.533. The molecule has 102 valence electrons. The molecule has 1 atom stereocenters. The van der Waals surface area contributed by atoms with Gasteiger partial charge in [0.1, 0.15) is 5.65 Å². The molecule has 3 heteroatoms. The van der Waals surface area contributed by atoms with Crippen LogP contribution in [0.25, 0.3) is 21.9 Å². The van der Waals surface area contributed by atoms with Crippen molar-refractivity contribution in [1.82, 2.24) is 14.5 Å². The van der Waals surface area contributed by atoms with Crippen LogP contribution in [0.1, 0.15) is 24.4 Å². The Morgan fingerprint density at radius 2 is 2.00 bits per heavy atom. The Labute approximate surface area is 118 Å². The summed E-state index contributed by atoms with van der Waals surface area (Å²) in [7, 11) is 4.31. The first-order chi connectivity index (χ1) is 9.75. The van der Waals surface area contributed by atoms with Gasteiger partial charge in [-0.1, -0.05) is 18.2 Å². The van der Waals surface area contributed by atoms with E-state index in [1.54, 1.807) is 0 Å². The number of nitrogens with zero attached hydrogens (tertiary/aromatic N) is 3. The normalized spacial score (nSPS) is 20.2. The Bertz CT molecular complexity index is 787. The number of hydrogen-bond acceptors (Lipinski definition) is 2. The zero-order valence-corrected chi connectivity index (χ0v) is 12.0. The van der Waals surface area contributed by atoms with Crippen molar-refractivity contribution in [3.05, 3.63) is 42.1 Å². The summed E-state index contributed by atoms with van der Waals surface area (Å²) in [6, 6.07) is 11.4. The van der Waals surface area contributed by atoms with E-state index >= 15 is 0 Å². The lowest BCUT2D eigenvalue weighted by Gasteiger charge is -2.19. The average Bonchev–Trinajstić information content (AvgIpc) is 3.02. The molecular weight excluding hydrogens is 246 g/mol. The predicted octanol–water partition coefficient (Wildman–Crippen LogP) is 3.49. The van der Waals surface area contributed by atoms with Gasteiger partial charge in [-0.2, -0.15) is 0 Å². The number of hydrogen-bond donors (Lipinski definition) is 0. The Hall–Kier alpha value is -1.87. The molecule has 3 nitrogen and oxygen atoms in total. The van der Waals surface area contributed by atoms with E-state index in [1.807, 2.05) is 0 Å². The molecule has 0 bridgehead atoms. The van der Waals surface area contributed by atoms with Crippen LogP contribution in [0.3, 0.4) is 0 Å². The molecule has 1 fully saturated rings. The van der Waals surface area contributed by atoms with Gasteiger partial charge in [0.25, 0.3) is 0 Å². The van der Waals surface area contributed by atoms with Crippen molar-refractivity contribution in [1.29, 1.82) is 0 Å². The summed E-state index contributed by atoms with van der Waals surface area (Å²) >= 11 is 0. The Kier molecular flexibility index (Phi) is 2.57. The Morgan fingerprint density at radius 1 is 1.15 bits per heavy atom. The van der Waals surface area contributed by atoms with Gasteiger partial charge in [0, 0.05) is 30.1 Å². The quantitative estimate of drug-likeness (QED) is 0.671. The molecule has 1 aliphatic rings. The number of pyridine rings is 1. The van der Waals surface area contributed by atoms with Crippen LogP contribution in [0.5, 0.6) is 0 Å². The van der Waals surface area contributed by atoms with Gasteiger partial charge in [0.2, 0.25) is 0 Å². The summed E-state index contributed by atoms with van der Waals surface area (Å²) in [6.07, 6.45) is 4.59. The van der Waals surface area contributed by atoms with Crippen LogP contribution in [-0.2, 0) is 7.05 Å². The van der Waals surface area contributed by atoms with Gasteiger partial charge in [-0.3, -0.25) is 4.90 Å². The first-order valence-electron chi connectivity index (χ1n) is 7.29. The second-order valence-electron chi connectivity index (χ2n) is 5.85. The highest BCUT2D eigenvalue weighted by molar-refractivity contribution is 6.06. The van der Waals surface area contributed by atoms with Gasteiger partial charge in [-0.05, 0) is 44.1 Å². The maximum absolute atomic E-state index is 4.73. The van der Waals surface area contributed by atoms with Crippen LogP contribution >= 0.6 is 0 Å². The van der Waals surface area contributed by atoms with Crippen molar-refractivity contribution < 1.29 is 0 Å². The monoisotopic (exact) mass is 265 g/mol. The highest BCUT2D eigenvalue weighted by Crippen LogP contribution is 2.33. The molecule has 0 amide bonds. The number of rotatable bonds is 1. The maximum atomic E-state index is 4.73. The molecule has 3 aromatic rings. The van der Waals surface area contributed by atoms with E-state index < -0.39 is 0 Å². The van der Waals surface area contributed by atoms with Crippen LogP contribution in [-0.4, -0.2) is 28.0 Å². The summed E-state index contributed by atoms with van der Waals surface area (Å²) in [4.78, 5) is 7.17. The highest BCUT2D eigenvalue weighted by Gasteiger charge is 2.23. The zero-order chi connectivity index (χ0) is 13.7. The molecule has 4 rings (SSSR count). The lowest BCUT2D eigenvalue weighted by atomic mass is 10.0. The fourth-order valence-corrected chi connectivity index (χ4v) is 3.56.